The number of pyridine rings is 2. The van der Waals surface area contributed by atoms with Crippen molar-refractivity contribution in [3.63, 3.8) is 0 Å². The predicted octanol–water partition coefficient (Wildman–Crippen LogP) is 11.4. The molecule has 2 aromatic heterocycles. The molecule has 0 radical (unpaired) electrons. The second-order valence-electron chi connectivity index (χ2n) is 12.7. The Labute approximate surface area is 257 Å². The Bertz CT molecular complexity index is 2350. The summed E-state index contributed by atoms with van der Waals surface area (Å²) < 4.78 is 0. The molecule has 44 heavy (non-hydrogen) atoms. The lowest BCUT2D eigenvalue weighted by molar-refractivity contribution is 0.591. The summed E-state index contributed by atoms with van der Waals surface area (Å²) in [4.78, 5) is 10.5. The molecule has 2 heterocycles. The van der Waals surface area contributed by atoms with E-state index in [4.69, 9.17) is 9.97 Å². The molecule has 0 aliphatic carbocycles. The average molecular weight is 565 g/mol. The van der Waals surface area contributed by atoms with Crippen LogP contribution in [0.1, 0.15) is 26.3 Å². The molecule has 0 unspecified atom stereocenters. The number of benzene rings is 6. The third-order valence-electron chi connectivity index (χ3n) is 8.85. The van der Waals surface area contributed by atoms with Crippen molar-refractivity contribution >= 4 is 43.4 Å². The highest BCUT2D eigenvalue weighted by molar-refractivity contribution is 6.16. The Morgan fingerprint density at radius 2 is 1.11 bits per heavy atom. The smallest absolute Gasteiger partial charge is 0.0978 e. The van der Waals surface area contributed by atoms with Crippen molar-refractivity contribution in [1.82, 2.24) is 9.97 Å². The summed E-state index contributed by atoms with van der Waals surface area (Å²) in [5, 5.41) is 7.06. The van der Waals surface area contributed by atoms with Crippen molar-refractivity contribution in [3.8, 4) is 33.5 Å². The summed E-state index contributed by atoms with van der Waals surface area (Å²) >= 11 is 0. The summed E-state index contributed by atoms with van der Waals surface area (Å²) in [5.41, 5.74) is 9.97. The van der Waals surface area contributed by atoms with E-state index in [0.717, 1.165) is 38.6 Å². The topological polar surface area (TPSA) is 25.8 Å². The molecule has 6 aromatic carbocycles. The molecule has 0 saturated heterocycles. The first-order valence-electron chi connectivity index (χ1n) is 15.3. The fourth-order valence-corrected chi connectivity index (χ4v) is 6.56. The fourth-order valence-electron chi connectivity index (χ4n) is 6.56. The van der Waals surface area contributed by atoms with Crippen molar-refractivity contribution in [3.05, 3.63) is 145 Å². The van der Waals surface area contributed by atoms with E-state index in [2.05, 4.69) is 154 Å². The maximum Gasteiger partial charge on any atom is 0.0978 e. The maximum atomic E-state index is 5.52. The molecule has 0 bridgehead atoms. The Morgan fingerprint density at radius 1 is 0.477 bits per heavy atom. The minimum absolute atomic E-state index is 0.0249. The van der Waals surface area contributed by atoms with Crippen LogP contribution in [0.25, 0.3) is 76.9 Å². The molecule has 0 aliphatic heterocycles. The Kier molecular flexibility index (Phi) is 6.06. The number of nitrogens with zero attached hydrogens (tertiary/aromatic N) is 2. The quantitative estimate of drug-likeness (QED) is 0.158. The molecular formula is C42H32N2. The standard InChI is InChI=1S/C42H32N2/c1-42(2,3)31-19-18-30-24-29-16-10-11-17-33(29)39(37(30)25-31)38-26-36(28-14-8-5-9-15-28)35-21-20-34-32(27-12-6-4-7-13-27)22-23-43-40(34)41(35)44-38/h4-26H,1-3H3. The van der Waals surface area contributed by atoms with E-state index in [1.165, 1.54) is 43.8 Å². The van der Waals surface area contributed by atoms with Gasteiger partial charge in [-0.15, -0.1) is 0 Å². The molecule has 2 heteroatoms. The zero-order valence-electron chi connectivity index (χ0n) is 25.2. The van der Waals surface area contributed by atoms with E-state index >= 15 is 0 Å². The van der Waals surface area contributed by atoms with Crippen molar-refractivity contribution < 1.29 is 0 Å². The maximum absolute atomic E-state index is 5.52. The molecule has 210 valence electrons. The van der Waals surface area contributed by atoms with Crippen LogP contribution >= 0.6 is 0 Å². The van der Waals surface area contributed by atoms with Gasteiger partial charge in [0, 0.05) is 22.5 Å². The van der Waals surface area contributed by atoms with E-state index in [1.807, 2.05) is 6.20 Å². The third kappa shape index (κ3) is 4.34. The van der Waals surface area contributed by atoms with Crippen LogP contribution in [0.5, 0.6) is 0 Å². The lowest BCUT2D eigenvalue weighted by atomic mass is 9.84. The molecule has 0 spiro atoms. The summed E-state index contributed by atoms with van der Waals surface area (Å²) in [6, 6.07) is 48.0. The lowest BCUT2D eigenvalue weighted by Gasteiger charge is -2.21. The molecule has 0 N–H and O–H groups in total. The first kappa shape index (κ1) is 26.3. The SMILES string of the molecule is CC(C)(C)c1ccc2cc3ccccc3c(-c3cc(-c4ccccc4)c4ccc5c(-c6ccccc6)ccnc5c4n3)c2c1. The molecule has 2 nitrogen and oxygen atoms in total. The van der Waals surface area contributed by atoms with Crippen molar-refractivity contribution in [2.75, 3.05) is 0 Å². The zero-order valence-corrected chi connectivity index (χ0v) is 25.2. The highest BCUT2D eigenvalue weighted by Gasteiger charge is 2.20. The molecule has 8 aromatic rings. The van der Waals surface area contributed by atoms with Crippen LogP contribution in [0.3, 0.4) is 0 Å². The highest BCUT2D eigenvalue weighted by Crippen LogP contribution is 2.42. The van der Waals surface area contributed by atoms with Crippen LogP contribution in [-0.4, -0.2) is 9.97 Å². The second kappa shape index (κ2) is 10.1. The predicted molar refractivity (Wildman–Crippen MR) is 187 cm³/mol. The van der Waals surface area contributed by atoms with Crippen LogP contribution in [0.2, 0.25) is 0 Å². The number of hydrogen-bond acceptors (Lipinski definition) is 2. The van der Waals surface area contributed by atoms with E-state index in [-0.39, 0.29) is 5.41 Å². The first-order valence-corrected chi connectivity index (χ1v) is 15.3. The van der Waals surface area contributed by atoms with Gasteiger partial charge >= 0.3 is 0 Å². The molecule has 0 atom stereocenters. The number of hydrogen-bond donors (Lipinski definition) is 0. The van der Waals surface area contributed by atoms with Crippen LogP contribution in [0.4, 0.5) is 0 Å². The van der Waals surface area contributed by atoms with Crippen molar-refractivity contribution in [2.45, 2.75) is 26.2 Å². The van der Waals surface area contributed by atoms with E-state index < -0.39 is 0 Å². The molecule has 0 aliphatic rings. The highest BCUT2D eigenvalue weighted by atomic mass is 14.8. The van der Waals surface area contributed by atoms with Crippen LogP contribution < -0.4 is 0 Å². The number of aromatic nitrogens is 2. The fraction of sp³-hybridized carbons (Fsp3) is 0.0952. The van der Waals surface area contributed by atoms with Gasteiger partial charge in [-0.2, -0.15) is 0 Å². The third-order valence-corrected chi connectivity index (χ3v) is 8.85. The lowest BCUT2D eigenvalue weighted by Crippen LogP contribution is -2.10. The molecule has 0 saturated carbocycles. The Balaban J connectivity index is 1.53. The largest absolute Gasteiger partial charge is 0.254 e. The van der Waals surface area contributed by atoms with E-state index in [1.54, 1.807) is 0 Å². The van der Waals surface area contributed by atoms with Crippen LogP contribution in [-0.2, 0) is 5.41 Å². The summed E-state index contributed by atoms with van der Waals surface area (Å²) in [7, 11) is 0. The van der Waals surface area contributed by atoms with E-state index in [9.17, 15) is 0 Å². The molecule has 0 fully saturated rings. The molecular weight excluding hydrogens is 532 g/mol. The van der Waals surface area contributed by atoms with Gasteiger partial charge < -0.3 is 0 Å². The summed E-state index contributed by atoms with van der Waals surface area (Å²) in [5.74, 6) is 0. The zero-order chi connectivity index (χ0) is 29.8. The normalized spacial score (nSPS) is 12.0. The van der Waals surface area contributed by atoms with Gasteiger partial charge in [-0.25, -0.2) is 4.98 Å². The molecule has 8 rings (SSSR count). The second-order valence-corrected chi connectivity index (χ2v) is 12.7. The van der Waals surface area contributed by atoms with Gasteiger partial charge in [0.05, 0.1) is 16.7 Å². The summed E-state index contributed by atoms with van der Waals surface area (Å²) in [6.45, 7) is 6.83. The van der Waals surface area contributed by atoms with Gasteiger partial charge in [0.2, 0.25) is 0 Å². The van der Waals surface area contributed by atoms with Gasteiger partial charge in [-0.05, 0) is 79.0 Å². The first-order chi connectivity index (χ1) is 21.5. The number of rotatable bonds is 3. The summed E-state index contributed by atoms with van der Waals surface area (Å²) in [6.07, 6.45) is 1.92. The van der Waals surface area contributed by atoms with Gasteiger partial charge in [0.15, 0.2) is 0 Å². The Hall–Kier alpha value is -5.34. The minimum atomic E-state index is 0.0249. The molecule has 0 amide bonds. The minimum Gasteiger partial charge on any atom is -0.254 e. The van der Waals surface area contributed by atoms with Gasteiger partial charge in [0.25, 0.3) is 0 Å². The van der Waals surface area contributed by atoms with Crippen LogP contribution in [0, 0.1) is 0 Å². The average Bonchev–Trinajstić information content (AvgIpc) is 3.06. The van der Waals surface area contributed by atoms with Crippen LogP contribution in [0.15, 0.2) is 140 Å². The van der Waals surface area contributed by atoms with Crippen molar-refractivity contribution in [1.29, 1.82) is 0 Å². The van der Waals surface area contributed by atoms with Crippen molar-refractivity contribution in [2.24, 2.45) is 0 Å². The number of fused-ring (bicyclic) bond motifs is 5. The van der Waals surface area contributed by atoms with Gasteiger partial charge in [-0.3, -0.25) is 4.98 Å². The van der Waals surface area contributed by atoms with E-state index in [0.29, 0.717) is 0 Å². The van der Waals surface area contributed by atoms with Gasteiger partial charge in [0.1, 0.15) is 0 Å². The monoisotopic (exact) mass is 564 g/mol. The Morgan fingerprint density at radius 3 is 1.84 bits per heavy atom. The van der Waals surface area contributed by atoms with Gasteiger partial charge in [-0.1, -0.05) is 130 Å².